The maximum atomic E-state index is 10.7. The minimum Gasteiger partial charge on any atom is -0.497 e. The average molecular weight is 224 g/mol. The molecule has 1 unspecified atom stereocenters. The van der Waals surface area contributed by atoms with Crippen LogP contribution in [0.15, 0.2) is 24.3 Å². The molecule has 88 valence electrons. The molecule has 1 amide bonds. The first-order valence-electron chi connectivity index (χ1n) is 4.95. The third-order valence-corrected chi connectivity index (χ3v) is 2.10. The molecule has 0 saturated heterocycles. The van der Waals surface area contributed by atoms with Gasteiger partial charge in [-0.2, -0.15) is 0 Å². The Hall–Kier alpha value is -1.75. The highest BCUT2D eigenvalue weighted by Crippen LogP contribution is 2.18. The number of carbonyl (C=O) groups excluding carboxylic acids is 1. The summed E-state index contributed by atoms with van der Waals surface area (Å²) in [4.78, 5) is 10.7. The van der Waals surface area contributed by atoms with Gasteiger partial charge in [0, 0.05) is 12.5 Å². The minimum absolute atomic E-state index is 0.345. The number of rotatable bonds is 6. The van der Waals surface area contributed by atoms with Crippen molar-refractivity contribution >= 4 is 5.91 Å². The smallest absolute Gasteiger partial charge is 0.234 e. The molecule has 0 fully saturated rings. The van der Waals surface area contributed by atoms with E-state index in [0.29, 0.717) is 18.8 Å². The van der Waals surface area contributed by atoms with Gasteiger partial charge in [-0.25, -0.2) is 0 Å². The molecule has 1 rings (SSSR count). The average Bonchev–Trinajstić information content (AvgIpc) is 2.29. The summed E-state index contributed by atoms with van der Waals surface area (Å²) in [5.41, 5.74) is 10.5. The molecule has 1 aromatic rings. The number of primary amides is 1. The summed E-state index contributed by atoms with van der Waals surface area (Å²) in [6.45, 7) is 0.345. The molecule has 5 nitrogen and oxygen atoms in total. The maximum absolute atomic E-state index is 10.7. The van der Waals surface area contributed by atoms with Gasteiger partial charge in [0.1, 0.15) is 11.5 Å². The lowest BCUT2D eigenvalue weighted by molar-refractivity contribution is -0.119. The lowest BCUT2D eigenvalue weighted by Gasteiger charge is -2.09. The van der Waals surface area contributed by atoms with Gasteiger partial charge in [-0.15, -0.1) is 0 Å². The third-order valence-electron chi connectivity index (χ3n) is 2.10. The molecule has 0 radical (unpaired) electrons. The quantitative estimate of drug-likeness (QED) is 0.726. The third kappa shape index (κ3) is 3.78. The molecule has 0 saturated carbocycles. The molecule has 0 aliphatic heterocycles. The Morgan fingerprint density at radius 3 is 2.75 bits per heavy atom. The van der Waals surface area contributed by atoms with Crippen LogP contribution in [-0.4, -0.2) is 25.7 Å². The van der Waals surface area contributed by atoms with Gasteiger partial charge in [-0.3, -0.25) is 4.79 Å². The topological polar surface area (TPSA) is 87.6 Å². The van der Waals surface area contributed by atoms with Crippen molar-refractivity contribution in [3.05, 3.63) is 24.3 Å². The Morgan fingerprint density at radius 1 is 1.44 bits per heavy atom. The van der Waals surface area contributed by atoms with Crippen LogP contribution in [0, 0.1) is 0 Å². The van der Waals surface area contributed by atoms with Crippen molar-refractivity contribution in [1.29, 1.82) is 0 Å². The van der Waals surface area contributed by atoms with E-state index in [9.17, 15) is 4.79 Å². The van der Waals surface area contributed by atoms with Crippen molar-refractivity contribution in [2.75, 3.05) is 13.7 Å². The first-order chi connectivity index (χ1) is 7.63. The van der Waals surface area contributed by atoms with E-state index in [1.807, 2.05) is 12.1 Å². The van der Waals surface area contributed by atoms with Crippen LogP contribution in [0.1, 0.15) is 6.42 Å². The van der Waals surface area contributed by atoms with Gasteiger partial charge in [-0.05, 0) is 12.1 Å². The second-order valence-corrected chi connectivity index (χ2v) is 3.32. The second-order valence-electron chi connectivity index (χ2n) is 3.32. The van der Waals surface area contributed by atoms with Gasteiger partial charge in [0.2, 0.25) is 5.91 Å². The number of hydrogen-bond acceptors (Lipinski definition) is 4. The zero-order valence-corrected chi connectivity index (χ0v) is 9.18. The van der Waals surface area contributed by atoms with E-state index in [1.165, 1.54) is 0 Å². The van der Waals surface area contributed by atoms with Gasteiger partial charge < -0.3 is 20.9 Å². The number of methoxy groups -OCH3 is 1. The monoisotopic (exact) mass is 224 g/mol. The molecule has 1 aromatic carbocycles. The predicted octanol–water partition coefficient (Wildman–Crippen LogP) is 0.277. The molecule has 1 atom stereocenters. The van der Waals surface area contributed by atoms with Crippen molar-refractivity contribution in [1.82, 2.24) is 0 Å². The van der Waals surface area contributed by atoms with Crippen LogP contribution in [0.3, 0.4) is 0 Å². The van der Waals surface area contributed by atoms with Gasteiger partial charge in [0.05, 0.1) is 19.8 Å². The molecule has 0 heterocycles. The van der Waals surface area contributed by atoms with Crippen molar-refractivity contribution < 1.29 is 14.3 Å². The van der Waals surface area contributed by atoms with Crippen LogP contribution in [0.25, 0.3) is 0 Å². The van der Waals surface area contributed by atoms with E-state index in [-0.39, 0.29) is 0 Å². The first-order valence-corrected chi connectivity index (χ1v) is 4.95. The summed E-state index contributed by atoms with van der Waals surface area (Å²) in [6.07, 6.45) is 0.395. The Kier molecular flexibility index (Phi) is 4.60. The van der Waals surface area contributed by atoms with E-state index in [2.05, 4.69) is 0 Å². The summed E-state index contributed by atoms with van der Waals surface area (Å²) in [5.74, 6) is 0.877. The summed E-state index contributed by atoms with van der Waals surface area (Å²) in [5, 5.41) is 0. The summed E-state index contributed by atoms with van der Waals surface area (Å²) < 4.78 is 10.4. The fourth-order valence-corrected chi connectivity index (χ4v) is 1.14. The normalized spacial score (nSPS) is 11.9. The Bertz CT molecular complexity index is 355. The van der Waals surface area contributed by atoms with Crippen LogP contribution < -0.4 is 20.9 Å². The fourth-order valence-electron chi connectivity index (χ4n) is 1.14. The molecule has 0 aliphatic rings. The predicted molar refractivity (Wildman–Crippen MR) is 60.3 cm³/mol. The highest BCUT2D eigenvalue weighted by Gasteiger charge is 2.08. The van der Waals surface area contributed by atoms with Gasteiger partial charge in [-0.1, -0.05) is 6.07 Å². The summed E-state index contributed by atoms with van der Waals surface area (Å²) >= 11 is 0. The van der Waals surface area contributed by atoms with Crippen LogP contribution in [-0.2, 0) is 4.79 Å². The standard InChI is InChI=1S/C11H16N2O3/c1-15-8-3-2-4-9(7-8)16-6-5-10(12)11(13)14/h2-4,7,10H,5-6,12H2,1H3,(H2,13,14). The van der Waals surface area contributed by atoms with E-state index in [0.717, 1.165) is 5.75 Å². The lowest BCUT2D eigenvalue weighted by Crippen LogP contribution is -2.37. The molecule has 0 spiro atoms. The van der Waals surface area contributed by atoms with Crippen LogP contribution in [0.5, 0.6) is 11.5 Å². The molecule has 5 heteroatoms. The largest absolute Gasteiger partial charge is 0.497 e. The van der Waals surface area contributed by atoms with Crippen LogP contribution >= 0.6 is 0 Å². The number of nitrogens with two attached hydrogens (primary N) is 2. The zero-order valence-electron chi connectivity index (χ0n) is 9.18. The second kappa shape index (κ2) is 5.97. The fraction of sp³-hybridized carbons (Fsp3) is 0.364. The van der Waals surface area contributed by atoms with Crippen molar-refractivity contribution in [2.24, 2.45) is 11.5 Å². The van der Waals surface area contributed by atoms with E-state index in [1.54, 1.807) is 19.2 Å². The SMILES string of the molecule is COc1cccc(OCCC(N)C(N)=O)c1. The van der Waals surface area contributed by atoms with Crippen LogP contribution in [0.4, 0.5) is 0 Å². The first kappa shape index (κ1) is 12.3. The summed E-state index contributed by atoms with van der Waals surface area (Å²) in [6, 6.07) is 6.55. The van der Waals surface area contributed by atoms with E-state index in [4.69, 9.17) is 20.9 Å². The number of carbonyl (C=O) groups is 1. The van der Waals surface area contributed by atoms with Gasteiger partial charge >= 0.3 is 0 Å². The van der Waals surface area contributed by atoms with Crippen molar-refractivity contribution in [3.8, 4) is 11.5 Å². The highest BCUT2D eigenvalue weighted by atomic mass is 16.5. The van der Waals surface area contributed by atoms with Gasteiger partial charge in [0.15, 0.2) is 0 Å². The van der Waals surface area contributed by atoms with Gasteiger partial charge in [0.25, 0.3) is 0 Å². The Balaban J connectivity index is 2.39. The molecule has 16 heavy (non-hydrogen) atoms. The summed E-state index contributed by atoms with van der Waals surface area (Å²) in [7, 11) is 1.59. The zero-order chi connectivity index (χ0) is 12.0. The highest BCUT2D eigenvalue weighted by molar-refractivity contribution is 5.79. The molecular formula is C11H16N2O3. The van der Waals surface area contributed by atoms with Crippen LogP contribution in [0.2, 0.25) is 0 Å². The number of ether oxygens (including phenoxy) is 2. The van der Waals surface area contributed by atoms with E-state index < -0.39 is 11.9 Å². The Labute approximate surface area is 94.3 Å². The molecule has 0 bridgehead atoms. The molecular weight excluding hydrogens is 208 g/mol. The van der Waals surface area contributed by atoms with Crippen molar-refractivity contribution in [2.45, 2.75) is 12.5 Å². The number of hydrogen-bond donors (Lipinski definition) is 2. The molecule has 0 aliphatic carbocycles. The maximum Gasteiger partial charge on any atom is 0.234 e. The molecule has 4 N–H and O–H groups in total. The van der Waals surface area contributed by atoms with E-state index >= 15 is 0 Å². The molecule has 0 aromatic heterocycles. The Morgan fingerprint density at radius 2 is 2.12 bits per heavy atom. The lowest BCUT2D eigenvalue weighted by atomic mass is 10.2. The number of amides is 1. The minimum atomic E-state index is -0.661. The van der Waals surface area contributed by atoms with Crippen molar-refractivity contribution in [3.63, 3.8) is 0 Å². The number of benzene rings is 1.